The highest BCUT2D eigenvalue weighted by Crippen LogP contribution is 2.28. The Hall–Kier alpha value is -0.780. The van der Waals surface area contributed by atoms with E-state index in [1.54, 1.807) is 0 Å². The van der Waals surface area contributed by atoms with Crippen molar-refractivity contribution in [1.82, 2.24) is 4.72 Å². The normalized spacial score (nSPS) is 26.1. The van der Waals surface area contributed by atoms with Crippen LogP contribution in [0.4, 0.5) is 0 Å². The molecule has 1 aliphatic rings. The second kappa shape index (κ2) is 4.38. The van der Waals surface area contributed by atoms with Crippen LogP contribution >= 0.6 is 11.8 Å². The number of hydrogen-bond donors (Lipinski definition) is 2. The summed E-state index contributed by atoms with van der Waals surface area (Å²) in [5, 5.41) is 17.2. The van der Waals surface area contributed by atoms with Crippen molar-refractivity contribution in [2.45, 2.75) is 12.0 Å². The molecule has 1 fully saturated rings. The van der Waals surface area contributed by atoms with Crippen LogP contribution in [0, 0.1) is 11.3 Å². The maximum absolute atomic E-state index is 11.3. The Morgan fingerprint density at radius 3 is 2.73 bits per heavy atom. The van der Waals surface area contributed by atoms with E-state index in [9.17, 15) is 13.2 Å². The van der Waals surface area contributed by atoms with Gasteiger partial charge in [-0.25, -0.2) is 8.42 Å². The summed E-state index contributed by atoms with van der Waals surface area (Å²) in [7, 11) is -3.82. The third kappa shape index (κ3) is 2.84. The molecule has 0 aliphatic carbocycles. The van der Waals surface area contributed by atoms with Gasteiger partial charge in [-0.05, 0) is 12.2 Å². The fourth-order valence-electron chi connectivity index (χ4n) is 1.28. The van der Waals surface area contributed by atoms with Gasteiger partial charge in [0.2, 0.25) is 10.0 Å². The second-order valence-corrected chi connectivity index (χ2v) is 6.04. The molecule has 1 atom stereocenters. The molecule has 1 aliphatic heterocycles. The smallest absolute Gasteiger partial charge is 0.325 e. The lowest BCUT2D eigenvalue weighted by Crippen LogP contribution is -2.55. The third-order valence-electron chi connectivity index (χ3n) is 2.04. The number of nitrogens with zero attached hydrogens (tertiary/aromatic N) is 1. The maximum atomic E-state index is 11.3. The van der Waals surface area contributed by atoms with E-state index < -0.39 is 27.3 Å². The van der Waals surface area contributed by atoms with Crippen molar-refractivity contribution in [2.75, 3.05) is 17.3 Å². The van der Waals surface area contributed by atoms with E-state index in [4.69, 9.17) is 10.4 Å². The molecule has 2 N–H and O–H groups in total. The predicted molar refractivity (Wildman–Crippen MR) is 54.8 cm³/mol. The van der Waals surface area contributed by atoms with Crippen LogP contribution in [0.5, 0.6) is 0 Å². The Kier molecular flexibility index (Phi) is 3.59. The zero-order chi connectivity index (χ0) is 11.5. The monoisotopic (exact) mass is 250 g/mol. The lowest BCUT2D eigenvalue weighted by atomic mass is 10.0. The summed E-state index contributed by atoms with van der Waals surface area (Å²) < 4.78 is 24.7. The molecule has 8 heteroatoms. The Morgan fingerprint density at radius 2 is 2.33 bits per heavy atom. The predicted octanol–water partition coefficient (Wildman–Crippen LogP) is -0.610. The molecular weight excluding hydrogens is 240 g/mol. The van der Waals surface area contributed by atoms with E-state index in [0.717, 1.165) is 0 Å². The van der Waals surface area contributed by atoms with Crippen LogP contribution in [-0.4, -0.2) is 42.3 Å². The van der Waals surface area contributed by atoms with Crippen LogP contribution in [0.3, 0.4) is 0 Å². The topological polar surface area (TPSA) is 107 Å². The fourth-order valence-corrected chi connectivity index (χ4v) is 3.79. The molecule has 0 aromatic heterocycles. The van der Waals surface area contributed by atoms with Gasteiger partial charge in [-0.2, -0.15) is 21.7 Å². The summed E-state index contributed by atoms with van der Waals surface area (Å²) in [6.07, 6.45) is 0.248. The summed E-state index contributed by atoms with van der Waals surface area (Å²) in [5.41, 5.74) is -1.43. The molecule has 0 amide bonds. The van der Waals surface area contributed by atoms with Crippen LogP contribution < -0.4 is 4.72 Å². The van der Waals surface area contributed by atoms with E-state index in [1.807, 2.05) is 0 Å². The molecule has 1 unspecified atom stereocenters. The van der Waals surface area contributed by atoms with Crippen molar-refractivity contribution >= 4 is 27.8 Å². The standard InChI is InChI=1S/C7H10N2O4S2/c8-2-4-15(12,13)9-7(6(10)11)1-3-14-5-7/h9H,1,3-5H2,(H,10,11). The van der Waals surface area contributed by atoms with E-state index in [1.165, 1.54) is 17.8 Å². The first-order valence-corrected chi connectivity index (χ1v) is 6.92. The number of sulfonamides is 1. The van der Waals surface area contributed by atoms with Gasteiger partial charge in [0.25, 0.3) is 0 Å². The quantitative estimate of drug-likeness (QED) is 0.689. The molecule has 0 aromatic rings. The van der Waals surface area contributed by atoms with Gasteiger partial charge in [-0.1, -0.05) is 0 Å². The minimum Gasteiger partial charge on any atom is -0.480 e. The van der Waals surface area contributed by atoms with Crippen molar-refractivity contribution in [2.24, 2.45) is 0 Å². The Bertz CT molecular complexity index is 392. The van der Waals surface area contributed by atoms with Gasteiger partial charge in [-0.3, -0.25) is 4.79 Å². The van der Waals surface area contributed by atoms with Crippen molar-refractivity contribution in [3.63, 3.8) is 0 Å². The second-order valence-electron chi connectivity index (χ2n) is 3.21. The van der Waals surface area contributed by atoms with Crippen molar-refractivity contribution < 1.29 is 18.3 Å². The molecule has 1 rings (SSSR count). The first-order valence-electron chi connectivity index (χ1n) is 4.12. The van der Waals surface area contributed by atoms with Crippen LogP contribution in [0.2, 0.25) is 0 Å². The minimum absolute atomic E-state index is 0.201. The molecule has 1 heterocycles. The fraction of sp³-hybridized carbons (Fsp3) is 0.714. The first kappa shape index (κ1) is 12.3. The maximum Gasteiger partial charge on any atom is 0.325 e. The highest BCUT2D eigenvalue weighted by Gasteiger charge is 2.44. The number of carbonyl (C=O) groups is 1. The van der Waals surface area contributed by atoms with Gasteiger partial charge < -0.3 is 5.11 Å². The molecule has 0 spiro atoms. The summed E-state index contributed by atoms with van der Waals surface area (Å²) in [4.78, 5) is 11.0. The van der Waals surface area contributed by atoms with Gasteiger partial charge in [0.05, 0.1) is 6.07 Å². The highest BCUT2D eigenvalue weighted by atomic mass is 32.2. The van der Waals surface area contributed by atoms with Gasteiger partial charge in [-0.15, -0.1) is 0 Å². The lowest BCUT2D eigenvalue weighted by Gasteiger charge is -2.23. The zero-order valence-electron chi connectivity index (χ0n) is 7.76. The van der Waals surface area contributed by atoms with Crippen LogP contribution in [0.25, 0.3) is 0 Å². The molecular formula is C7H10N2O4S2. The molecule has 0 aromatic carbocycles. The van der Waals surface area contributed by atoms with E-state index in [0.29, 0.717) is 5.75 Å². The minimum atomic E-state index is -3.82. The summed E-state index contributed by atoms with van der Waals surface area (Å²) in [6, 6.07) is 1.49. The molecule has 0 bridgehead atoms. The molecule has 84 valence electrons. The van der Waals surface area contributed by atoms with Crippen LogP contribution in [-0.2, 0) is 14.8 Å². The van der Waals surface area contributed by atoms with Crippen molar-refractivity contribution in [1.29, 1.82) is 5.26 Å². The average Bonchev–Trinajstić information content (AvgIpc) is 2.52. The molecule has 15 heavy (non-hydrogen) atoms. The lowest BCUT2D eigenvalue weighted by molar-refractivity contribution is -0.142. The average molecular weight is 250 g/mol. The third-order valence-corrected chi connectivity index (χ3v) is 4.44. The SMILES string of the molecule is N#CCS(=O)(=O)NC1(C(=O)O)CCSC1. The number of rotatable bonds is 4. The molecule has 6 nitrogen and oxygen atoms in total. The van der Waals surface area contributed by atoms with Crippen LogP contribution in [0.1, 0.15) is 6.42 Å². The summed E-state index contributed by atoms with van der Waals surface area (Å²) >= 11 is 1.38. The highest BCUT2D eigenvalue weighted by molar-refractivity contribution is 7.99. The van der Waals surface area contributed by atoms with Gasteiger partial charge in [0.1, 0.15) is 5.54 Å². The number of nitrogens with one attached hydrogen (secondary N) is 1. The Labute approximate surface area is 91.7 Å². The Balaban J connectivity index is 2.86. The number of thioether (sulfide) groups is 1. The van der Waals surface area contributed by atoms with Crippen LogP contribution in [0.15, 0.2) is 0 Å². The Morgan fingerprint density at radius 1 is 1.67 bits per heavy atom. The van der Waals surface area contributed by atoms with Gasteiger partial charge >= 0.3 is 5.97 Å². The molecule has 0 radical (unpaired) electrons. The number of hydrogen-bond acceptors (Lipinski definition) is 5. The molecule has 1 saturated heterocycles. The number of aliphatic carboxylic acids is 1. The van der Waals surface area contributed by atoms with Gasteiger partial charge in [0.15, 0.2) is 5.75 Å². The van der Waals surface area contributed by atoms with E-state index in [2.05, 4.69) is 4.72 Å². The molecule has 0 saturated carbocycles. The zero-order valence-corrected chi connectivity index (χ0v) is 9.40. The number of carboxylic acid groups (broad SMARTS) is 1. The first-order chi connectivity index (χ1) is 6.92. The summed E-state index contributed by atoms with van der Waals surface area (Å²) in [6.45, 7) is 0. The van der Waals surface area contributed by atoms with E-state index in [-0.39, 0.29) is 12.2 Å². The van der Waals surface area contributed by atoms with Gasteiger partial charge in [0, 0.05) is 5.75 Å². The number of carboxylic acids is 1. The van der Waals surface area contributed by atoms with Crippen molar-refractivity contribution in [3.05, 3.63) is 0 Å². The summed E-state index contributed by atoms with van der Waals surface area (Å²) in [5.74, 6) is -1.10. The van der Waals surface area contributed by atoms with Crippen molar-refractivity contribution in [3.8, 4) is 6.07 Å². The number of nitriles is 1. The largest absolute Gasteiger partial charge is 0.480 e. The van der Waals surface area contributed by atoms with E-state index >= 15 is 0 Å².